The molecule has 0 bridgehead atoms. The summed E-state index contributed by atoms with van der Waals surface area (Å²) in [4.78, 5) is 4.29. The molecule has 0 spiro atoms. The molecule has 1 aliphatic carbocycles. The molecule has 1 aromatic heterocycles. The molecule has 0 aromatic carbocycles. The van der Waals surface area contributed by atoms with Crippen LogP contribution in [0.4, 0.5) is 0 Å². The minimum Gasteiger partial charge on any atom is -0.381 e. The van der Waals surface area contributed by atoms with E-state index in [-0.39, 0.29) is 5.54 Å². The van der Waals surface area contributed by atoms with Gasteiger partial charge in [-0.2, -0.15) is 4.98 Å². The molecule has 1 saturated carbocycles. The van der Waals surface area contributed by atoms with E-state index >= 15 is 0 Å². The van der Waals surface area contributed by atoms with Gasteiger partial charge in [-0.25, -0.2) is 0 Å². The second-order valence-corrected chi connectivity index (χ2v) is 3.97. The topological polar surface area (TPSA) is 74.2 Å². The number of rotatable bonds is 5. The Kier molecular flexibility index (Phi) is 3.02. The molecule has 0 atom stereocenters. The number of nitrogens with zero attached hydrogens (tertiary/aromatic N) is 2. The molecule has 0 saturated heterocycles. The smallest absolute Gasteiger partial charge is 0.246 e. The maximum Gasteiger partial charge on any atom is 0.246 e. The Balaban J connectivity index is 1.92. The Morgan fingerprint density at radius 2 is 2.33 bits per heavy atom. The second kappa shape index (κ2) is 4.28. The third kappa shape index (κ3) is 2.18. The van der Waals surface area contributed by atoms with Gasteiger partial charge in [0.25, 0.3) is 0 Å². The highest BCUT2D eigenvalue weighted by Crippen LogP contribution is 2.37. The van der Waals surface area contributed by atoms with Crippen molar-refractivity contribution in [3.8, 4) is 0 Å². The molecule has 0 unspecified atom stereocenters. The van der Waals surface area contributed by atoms with Crippen LogP contribution in [0.2, 0.25) is 0 Å². The molecule has 1 aliphatic rings. The van der Waals surface area contributed by atoms with Crippen molar-refractivity contribution in [2.24, 2.45) is 5.73 Å². The van der Waals surface area contributed by atoms with Crippen LogP contribution in [-0.4, -0.2) is 23.4 Å². The zero-order valence-electron chi connectivity index (χ0n) is 9.03. The molecular weight excluding hydrogens is 194 g/mol. The highest BCUT2D eigenvalue weighted by Gasteiger charge is 2.39. The fraction of sp³-hybridized carbons (Fsp3) is 0.800. The van der Waals surface area contributed by atoms with Crippen LogP contribution in [0.5, 0.6) is 0 Å². The third-order valence-corrected chi connectivity index (χ3v) is 2.81. The molecule has 84 valence electrons. The summed E-state index contributed by atoms with van der Waals surface area (Å²) in [6.07, 6.45) is 3.72. The Morgan fingerprint density at radius 1 is 1.53 bits per heavy atom. The van der Waals surface area contributed by atoms with Crippen LogP contribution in [-0.2, 0) is 16.7 Å². The van der Waals surface area contributed by atoms with Crippen LogP contribution >= 0.6 is 0 Å². The van der Waals surface area contributed by atoms with E-state index in [1.54, 1.807) is 0 Å². The van der Waals surface area contributed by atoms with E-state index < -0.39 is 0 Å². The number of ether oxygens (including phenoxy) is 1. The van der Waals surface area contributed by atoms with Crippen molar-refractivity contribution in [3.05, 3.63) is 11.7 Å². The monoisotopic (exact) mass is 211 g/mol. The van der Waals surface area contributed by atoms with Crippen LogP contribution in [0.15, 0.2) is 4.52 Å². The average Bonchev–Trinajstić information content (AvgIpc) is 2.64. The number of aromatic nitrogens is 2. The summed E-state index contributed by atoms with van der Waals surface area (Å²) in [5.74, 6) is 1.27. The fourth-order valence-corrected chi connectivity index (χ4v) is 1.64. The van der Waals surface area contributed by atoms with Crippen molar-refractivity contribution in [3.63, 3.8) is 0 Å². The van der Waals surface area contributed by atoms with E-state index in [1.165, 1.54) is 0 Å². The molecule has 2 N–H and O–H groups in total. The lowest BCUT2D eigenvalue weighted by Gasteiger charge is -2.33. The molecule has 0 radical (unpaired) electrons. The predicted molar refractivity (Wildman–Crippen MR) is 54.2 cm³/mol. The maximum atomic E-state index is 6.06. The van der Waals surface area contributed by atoms with E-state index in [9.17, 15) is 0 Å². The lowest BCUT2D eigenvalue weighted by molar-refractivity contribution is 0.149. The summed E-state index contributed by atoms with van der Waals surface area (Å²) < 4.78 is 10.4. The van der Waals surface area contributed by atoms with Gasteiger partial charge < -0.3 is 15.0 Å². The van der Waals surface area contributed by atoms with Crippen LogP contribution in [0.3, 0.4) is 0 Å². The van der Waals surface area contributed by atoms with E-state index in [0.717, 1.165) is 19.3 Å². The summed E-state index contributed by atoms with van der Waals surface area (Å²) in [6.45, 7) is 3.31. The average molecular weight is 211 g/mol. The zero-order valence-corrected chi connectivity index (χ0v) is 9.03. The predicted octanol–water partition coefficient (Wildman–Crippen LogP) is 0.987. The van der Waals surface area contributed by atoms with Gasteiger partial charge in [0.1, 0.15) is 0 Å². The molecule has 2 rings (SSSR count). The number of hydrogen-bond acceptors (Lipinski definition) is 5. The first-order chi connectivity index (χ1) is 7.24. The highest BCUT2D eigenvalue weighted by atomic mass is 16.5. The largest absolute Gasteiger partial charge is 0.381 e. The first kappa shape index (κ1) is 10.6. The Labute approximate surface area is 89.0 Å². The number of nitrogens with two attached hydrogens (primary N) is 1. The quantitative estimate of drug-likeness (QED) is 0.735. The highest BCUT2D eigenvalue weighted by molar-refractivity contribution is 5.07. The van der Waals surface area contributed by atoms with E-state index in [2.05, 4.69) is 10.1 Å². The first-order valence-corrected chi connectivity index (χ1v) is 5.44. The molecule has 5 nitrogen and oxygen atoms in total. The maximum absolute atomic E-state index is 6.06. The molecule has 1 fully saturated rings. The fourth-order valence-electron chi connectivity index (χ4n) is 1.64. The van der Waals surface area contributed by atoms with Gasteiger partial charge in [0, 0.05) is 13.0 Å². The summed E-state index contributed by atoms with van der Waals surface area (Å²) >= 11 is 0. The second-order valence-electron chi connectivity index (χ2n) is 3.97. The van der Waals surface area contributed by atoms with Crippen molar-refractivity contribution < 1.29 is 9.26 Å². The normalized spacial score (nSPS) is 18.8. The molecule has 1 aromatic rings. The van der Waals surface area contributed by atoms with Crippen molar-refractivity contribution in [2.75, 3.05) is 13.2 Å². The van der Waals surface area contributed by atoms with Crippen molar-refractivity contribution in [1.29, 1.82) is 0 Å². The van der Waals surface area contributed by atoms with Crippen LogP contribution in [0, 0.1) is 0 Å². The molecule has 0 aliphatic heterocycles. The SMILES string of the molecule is CCOCCc1noc(C2(N)CCC2)n1. The van der Waals surface area contributed by atoms with Gasteiger partial charge in [0.05, 0.1) is 12.1 Å². The van der Waals surface area contributed by atoms with Gasteiger partial charge in [-0.15, -0.1) is 0 Å². The van der Waals surface area contributed by atoms with Crippen molar-refractivity contribution >= 4 is 0 Å². The van der Waals surface area contributed by atoms with E-state index in [4.69, 9.17) is 15.0 Å². The van der Waals surface area contributed by atoms with Gasteiger partial charge in [0.2, 0.25) is 5.89 Å². The van der Waals surface area contributed by atoms with Crippen LogP contribution < -0.4 is 5.73 Å². The van der Waals surface area contributed by atoms with Gasteiger partial charge in [-0.05, 0) is 26.2 Å². The lowest BCUT2D eigenvalue weighted by atomic mass is 9.78. The van der Waals surface area contributed by atoms with E-state index in [0.29, 0.717) is 31.3 Å². The van der Waals surface area contributed by atoms with Crippen LogP contribution in [0.25, 0.3) is 0 Å². The lowest BCUT2D eigenvalue weighted by Crippen LogP contribution is -2.43. The Hall–Kier alpha value is -0.940. The summed E-state index contributed by atoms with van der Waals surface area (Å²) in [7, 11) is 0. The Bertz CT molecular complexity index is 320. The summed E-state index contributed by atoms with van der Waals surface area (Å²) in [5.41, 5.74) is 5.71. The minimum absolute atomic E-state index is 0.350. The van der Waals surface area contributed by atoms with Gasteiger partial charge >= 0.3 is 0 Å². The minimum atomic E-state index is -0.350. The molecule has 0 amide bonds. The molecular formula is C10H17N3O2. The molecule has 5 heteroatoms. The van der Waals surface area contributed by atoms with E-state index in [1.807, 2.05) is 6.92 Å². The van der Waals surface area contributed by atoms with Gasteiger partial charge in [0.15, 0.2) is 5.82 Å². The summed E-state index contributed by atoms with van der Waals surface area (Å²) in [6, 6.07) is 0. The van der Waals surface area contributed by atoms with Crippen molar-refractivity contribution in [1.82, 2.24) is 10.1 Å². The molecule has 1 heterocycles. The van der Waals surface area contributed by atoms with Crippen LogP contribution in [0.1, 0.15) is 37.9 Å². The van der Waals surface area contributed by atoms with Gasteiger partial charge in [-0.3, -0.25) is 0 Å². The zero-order chi connectivity index (χ0) is 10.7. The van der Waals surface area contributed by atoms with Crippen molar-refractivity contribution in [2.45, 2.75) is 38.1 Å². The third-order valence-electron chi connectivity index (χ3n) is 2.81. The van der Waals surface area contributed by atoms with Gasteiger partial charge in [-0.1, -0.05) is 5.16 Å². The standard InChI is InChI=1S/C10H17N3O2/c1-2-14-7-4-8-12-9(15-13-8)10(11)5-3-6-10/h2-7,11H2,1H3. The summed E-state index contributed by atoms with van der Waals surface area (Å²) in [5, 5.41) is 3.89. The Morgan fingerprint density at radius 3 is 2.93 bits per heavy atom. The first-order valence-electron chi connectivity index (χ1n) is 5.44. The number of hydrogen-bond donors (Lipinski definition) is 1. The molecule has 15 heavy (non-hydrogen) atoms.